The molecule has 1 aromatic rings. The van der Waals surface area contributed by atoms with Crippen LogP contribution in [0.4, 0.5) is 0 Å². The number of likely N-dealkylation sites (tertiary alicyclic amines) is 1. The topological polar surface area (TPSA) is 49.3 Å². The second-order valence-corrected chi connectivity index (χ2v) is 10.0. The summed E-state index contributed by atoms with van der Waals surface area (Å²) in [6.07, 6.45) is 2.40. The molecule has 180 valence electrons. The van der Waals surface area contributed by atoms with Crippen LogP contribution in [0.2, 0.25) is 0 Å². The Morgan fingerprint density at radius 2 is 2.06 bits per heavy atom. The predicted octanol–water partition coefficient (Wildman–Crippen LogP) is 3.32. The molecule has 1 aromatic carbocycles. The molecule has 0 spiro atoms. The van der Waals surface area contributed by atoms with E-state index in [2.05, 4.69) is 58.1 Å². The highest BCUT2D eigenvalue weighted by Gasteiger charge is 2.41. The summed E-state index contributed by atoms with van der Waals surface area (Å²) in [5, 5.41) is 3.56. The SMILES string of the molecule is CCNC(=NCC1(N2CCOCC2)CCSC1)N1CCC(COCc2ccccc2)C1.I. The Balaban J connectivity index is 0.00000289. The third-order valence-electron chi connectivity index (χ3n) is 6.67. The number of hydrogen-bond acceptors (Lipinski definition) is 5. The summed E-state index contributed by atoms with van der Waals surface area (Å²) in [6, 6.07) is 10.4. The lowest BCUT2D eigenvalue weighted by molar-refractivity contribution is -0.0105. The van der Waals surface area contributed by atoms with Gasteiger partial charge in [0.1, 0.15) is 0 Å². The van der Waals surface area contributed by atoms with Crippen LogP contribution in [0.15, 0.2) is 35.3 Å². The van der Waals surface area contributed by atoms with Crippen molar-refractivity contribution in [2.75, 3.05) is 70.6 Å². The molecular formula is C24H39IN4O2S. The van der Waals surface area contributed by atoms with E-state index < -0.39 is 0 Å². The number of rotatable bonds is 8. The fraction of sp³-hybridized carbons (Fsp3) is 0.708. The van der Waals surface area contributed by atoms with Crippen LogP contribution in [0.3, 0.4) is 0 Å². The van der Waals surface area contributed by atoms with Gasteiger partial charge in [-0.3, -0.25) is 9.89 Å². The number of hydrogen-bond donors (Lipinski definition) is 1. The molecule has 0 bridgehead atoms. The molecule has 2 atom stereocenters. The highest BCUT2D eigenvalue weighted by atomic mass is 127. The lowest BCUT2D eigenvalue weighted by Gasteiger charge is -2.42. The van der Waals surface area contributed by atoms with Crippen LogP contribution in [-0.4, -0.2) is 91.9 Å². The monoisotopic (exact) mass is 574 g/mol. The fourth-order valence-corrected chi connectivity index (χ4v) is 6.30. The van der Waals surface area contributed by atoms with Gasteiger partial charge in [-0.1, -0.05) is 30.3 Å². The maximum absolute atomic E-state index is 6.02. The Hall–Kier alpha value is -0.550. The quantitative estimate of drug-likeness (QED) is 0.292. The molecule has 4 rings (SSSR count). The van der Waals surface area contributed by atoms with Crippen molar-refractivity contribution < 1.29 is 9.47 Å². The zero-order valence-corrected chi connectivity index (χ0v) is 22.5. The van der Waals surface area contributed by atoms with Gasteiger partial charge in [0.15, 0.2) is 5.96 Å². The van der Waals surface area contributed by atoms with E-state index >= 15 is 0 Å². The summed E-state index contributed by atoms with van der Waals surface area (Å²) in [4.78, 5) is 10.3. The van der Waals surface area contributed by atoms with Gasteiger partial charge in [0.25, 0.3) is 0 Å². The first-order valence-electron chi connectivity index (χ1n) is 11.8. The van der Waals surface area contributed by atoms with Crippen LogP contribution >= 0.6 is 35.7 Å². The van der Waals surface area contributed by atoms with Crippen molar-refractivity contribution in [3.63, 3.8) is 0 Å². The zero-order chi connectivity index (χ0) is 21.4. The van der Waals surface area contributed by atoms with E-state index in [9.17, 15) is 0 Å². The van der Waals surface area contributed by atoms with Crippen molar-refractivity contribution in [2.24, 2.45) is 10.9 Å². The van der Waals surface area contributed by atoms with E-state index in [1.165, 1.54) is 29.9 Å². The number of ether oxygens (including phenoxy) is 2. The van der Waals surface area contributed by atoms with Gasteiger partial charge in [-0.2, -0.15) is 11.8 Å². The number of benzene rings is 1. The highest BCUT2D eigenvalue weighted by Crippen LogP contribution is 2.34. The molecule has 6 nitrogen and oxygen atoms in total. The minimum absolute atomic E-state index is 0. The molecule has 3 aliphatic rings. The Kier molecular flexibility index (Phi) is 10.9. The van der Waals surface area contributed by atoms with E-state index in [-0.39, 0.29) is 29.5 Å². The van der Waals surface area contributed by atoms with E-state index in [1.54, 1.807) is 0 Å². The Morgan fingerprint density at radius 1 is 1.25 bits per heavy atom. The number of halogens is 1. The summed E-state index contributed by atoms with van der Waals surface area (Å²) in [6.45, 7) is 11.3. The van der Waals surface area contributed by atoms with Crippen molar-refractivity contribution in [3.8, 4) is 0 Å². The fourth-order valence-electron chi connectivity index (χ4n) is 4.83. The average molecular weight is 575 g/mol. The molecule has 0 radical (unpaired) electrons. The zero-order valence-electron chi connectivity index (χ0n) is 19.3. The summed E-state index contributed by atoms with van der Waals surface area (Å²) in [5.74, 6) is 4.08. The molecule has 8 heteroatoms. The molecule has 0 amide bonds. The average Bonchev–Trinajstić information content (AvgIpc) is 3.49. The summed E-state index contributed by atoms with van der Waals surface area (Å²) >= 11 is 2.08. The van der Waals surface area contributed by atoms with Crippen LogP contribution in [0.5, 0.6) is 0 Å². The van der Waals surface area contributed by atoms with Crippen LogP contribution in [0, 0.1) is 5.92 Å². The third-order valence-corrected chi connectivity index (χ3v) is 7.91. The molecule has 0 aromatic heterocycles. The van der Waals surface area contributed by atoms with Gasteiger partial charge in [-0.25, -0.2) is 0 Å². The molecule has 0 saturated carbocycles. The van der Waals surface area contributed by atoms with Gasteiger partial charge in [0, 0.05) is 44.4 Å². The van der Waals surface area contributed by atoms with Crippen molar-refractivity contribution in [3.05, 3.63) is 35.9 Å². The largest absolute Gasteiger partial charge is 0.379 e. The number of thioether (sulfide) groups is 1. The normalized spacial score (nSPS) is 26.8. The van der Waals surface area contributed by atoms with Crippen LogP contribution < -0.4 is 5.32 Å². The van der Waals surface area contributed by atoms with Crippen LogP contribution in [-0.2, 0) is 16.1 Å². The number of guanidine groups is 1. The standard InChI is InChI=1S/C24H38N4O2S.HI/c1-2-25-23(26-19-24(9-15-31-20-24)28-11-13-29-14-12-28)27-10-8-22(16-27)18-30-17-21-6-4-3-5-7-21;/h3-7,22H,2,8-20H2,1H3,(H,25,26);1H. The van der Waals surface area contributed by atoms with Gasteiger partial charge in [0.05, 0.1) is 38.5 Å². The minimum atomic E-state index is 0. The van der Waals surface area contributed by atoms with E-state index in [0.29, 0.717) is 12.5 Å². The van der Waals surface area contributed by atoms with Crippen molar-refractivity contribution >= 4 is 41.7 Å². The van der Waals surface area contributed by atoms with Crippen molar-refractivity contribution in [2.45, 2.75) is 31.9 Å². The number of morpholine rings is 1. The molecule has 3 fully saturated rings. The van der Waals surface area contributed by atoms with E-state index in [1.807, 2.05) is 6.07 Å². The summed E-state index contributed by atoms with van der Waals surface area (Å²) in [5.41, 5.74) is 1.45. The Morgan fingerprint density at radius 3 is 2.78 bits per heavy atom. The Labute approximate surface area is 214 Å². The maximum Gasteiger partial charge on any atom is 0.193 e. The van der Waals surface area contributed by atoms with Crippen molar-refractivity contribution in [1.29, 1.82) is 0 Å². The van der Waals surface area contributed by atoms with Gasteiger partial charge in [0.2, 0.25) is 0 Å². The smallest absolute Gasteiger partial charge is 0.193 e. The molecule has 0 aliphatic carbocycles. The number of aliphatic imine (C=N–C) groups is 1. The van der Waals surface area contributed by atoms with Gasteiger partial charge in [-0.05, 0) is 31.1 Å². The van der Waals surface area contributed by atoms with E-state index in [0.717, 1.165) is 65.0 Å². The second-order valence-electron chi connectivity index (χ2n) is 8.90. The van der Waals surface area contributed by atoms with Crippen LogP contribution in [0.1, 0.15) is 25.3 Å². The van der Waals surface area contributed by atoms with Gasteiger partial charge >= 0.3 is 0 Å². The Bertz CT molecular complexity index is 696. The first-order valence-corrected chi connectivity index (χ1v) is 13.0. The molecule has 3 aliphatic heterocycles. The summed E-state index contributed by atoms with van der Waals surface area (Å²) in [7, 11) is 0. The number of nitrogens with one attached hydrogen (secondary N) is 1. The van der Waals surface area contributed by atoms with E-state index in [4.69, 9.17) is 14.5 Å². The highest BCUT2D eigenvalue weighted by molar-refractivity contribution is 14.0. The van der Waals surface area contributed by atoms with Crippen molar-refractivity contribution in [1.82, 2.24) is 15.1 Å². The van der Waals surface area contributed by atoms with Gasteiger partial charge < -0.3 is 19.7 Å². The second kappa shape index (κ2) is 13.4. The number of nitrogens with zero attached hydrogens (tertiary/aromatic N) is 3. The molecule has 2 unspecified atom stereocenters. The maximum atomic E-state index is 6.02. The third kappa shape index (κ3) is 6.98. The molecule has 3 saturated heterocycles. The molecular weight excluding hydrogens is 535 g/mol. The predicted molar refractivity (Wildman–Crippen MR) is 144 cm³/mol. The molecule has 32 heavy (non-hydrogen) atoms. The summed E-state index contributed by atoms with van der Waals surface area (Å²) < 4.78 is 11.6. The molecule has 1 N–H and O–H groups in total. The lowest BCUT2D eigenvalue weighted by atomic mass is 9.96. The van der Waals surface area contributed by atoms with Crippen LogP contribution in [0.25, 0.3) is 0 Å². The lowest BCUT2D eigenvalue weighted by Crippen LogP contribution is -2.56. The first kappa shape index (κ1) is 26.1. The van der Waals surface area contributed by atoms with Gasteiger partial charge in [-0.15, -0.1) is 24.0 Å². The molecule has 3 heterocycles. The first-order chi connectivity index (χ1) is 15.3. The minimum Gasteiger partial charge on any atom is -0.379 e.